The molecule has 0 aliphatic heterocycles. The molecule has 1 aromatic carbocycles. The number of rotatable bonds is 7. The van der Waals surface area contributed by atoms with E-state index < -0.39 is 0 Å². The predicted molar refractivity (Wildman–Crippen MR) is 67.4 cm³/mol. The number of nitrogens with two attached hydrogens (primary N) is 1. The summed E-state index contributed by atoms with van der Waals surface area (Å²) in [5, 5.41) is 10.8. The Morgan fingerprint density at radius 2 is 2.31 bits per heavy atom. The van der Waals surface area contributed by atoms with Crippen LogP contribution in [0.1, 0.15) is 5.56 Å². The Kier molecular flexibility index (Phi) is 6.15. The van der Waals surface area contributed by atoms with E-state index >= 15 is 0 Å². The van der Waals surface area contributed by atoms with Crippen molar-refractivity contribution in [3.8, 4) is 5.75 Å². The fourth-order valence-corrected chi connectivity index (χ4v) is 1.75. The third-order valence-electron chi connectivity index (χ3n) is 2.08. The van der Waals surface area contributed by atoms with Crippen LogP contribution in [0.3, 0.4) is 0 Å². The number of aliphatic hydroxyl groups excluding tert-OH is 1. The number of hydrogen-bond acceptors (Lipinski definition) is 2. The maximum Gasteiger partial charge on any atom is 0.128 e. The van der Waals surface area contributed by atoms with Crippen LogP contribution in [-0.4, -0.2) is 24.9 Å². The van der Waals surface area contributed by atoms with Crippen LogP contribution in [0.4, 0.5) is 0 Å². The molecule has 88 valence electrons. The molecule has 1 aromatic rings. The minimum absolute atomic E-state index is 0.191. The summed E-state index contributed by atoms with van der Waals surface area (Å²) in [7, 11) is 0. The van der Waals surface area contributed by atoms with Crippen molar-refractivity contribution in [2.75, 3.05) is 19.8 Å². The van der Waals surface area contributed by atoms with Gasteiger partial charge in [-0.25, -0.2) is 0 Å². The average molecular weight is 287 g/mol. The second-order valence-corrected chi connectivity index (χ2v) is 4.27. The van der Waals surface area contributed by atoms with Gasteiger partial charge in [0.1, 0.15) is 18.9 Å². The van der Waals surface area contributed by atoms with Gasteiger partial charge in [-0.1, -0.05) is 28.6 Å². The molecular weight excluding hydrogens is 270 g/mol. The van der Waals surface area contributed by atoms with Crippen LogP contribution in [0.2, 0.25) is 0 Å². The lowest BCUT2D eigenvalue weighted by atomic mass is 10.2. The molecular formula is C12H17BrNO2+. The van der Waals surface area contributed by atoms with Gasteiger partial charge < -0.3 is 15.2 Å². The quantitative estimate of drug-likeness (QED) is 0.582. The lowest BCUT2D eigenvalue weighted by molar-refractivity contribution is -0.671. The van der Waals surface area contributed by atoms with E-state index in [4.69, 9.17) is 9.84 Å². The summed E-state index contributed by atoms with van der Waals surface area (Å²) in [6, 6.07) is 5.93. The summed E-state index contributed by atoms with van der Waals surface area (Å²) in [6.07, 6.45) is 1.73. The maximum atomic E-state index is 8.72. The van der Waals surface area contributed by atoms with E-state index in [0.717, 1.165) is 22.3 Å². The van der Waals surface area contributed by atoms with Crippen LogP contribution in [0, 0.1) is 0 Å². The SMILES string of the molecule is C=CCOc1ccc(Br)cc1C[NH2+]CCO. The van der Waals surface area contributed by atoms with E-state index in [9.17, 15) is 0 Å². The maximum absolute atomic E-state index is 8.72. The van der Waals surface area contributed by atoms with Crippen molar-refractivity contribution in [1.82, 2.24) is 0 Å². The highest BCUT2D eigenvalue weighted by Gasteiger charge is 2.05. The molecule has 3 nitrogen and oxygen atoms in total. The molecule has 0 saturated carbocycles. The van der Waals surface area contributed by atoms with Gasteiger partial charge in [-0.2, -0.15) is 0 Å². The first-order valence-electron chi connectivity index (χ1n) is 5.22. The fourth-order valence-electron chi connectivity index (χ4n) is 1.35. The molecule has 16 heavy (non-hydrogen) atoms. The Balaban J connectivity index is 2.68. The zero-order valence-electron chi connectivity index (χ0n) is 9.16. The monoisotopic (exact) mass is 286 g/mol. The Bertz CT molecular complexity index is 342. The van der Waals surface area contributed by atoms with Crippen molar-refractivity contribution in [1.29, 1.82) is 0 Å². The summed E-state index contributed by atoms with van der Waals surface area (Å²) in [5.74, 6) is 0.872. The largest absolute Gasteiger partial charge is 0.489 e. The first-order valence-corrected chi connectivity index (χ1v) is 6.02. The molecule has 0 aromatic heterocycles. The molecule has 0 atom stereocenters. The van der Waals surface area contributed by atoms with Crippen molar-refractivity contribution in [2.24, 2.45) is 0 Å². The molecule has 0 unspecified atom stereocenters. The van der Waals surface area contributed by atoms with Gasteiger partial charge in [-0.15, -0.1) is 0 Å². The van der Waals surface area contributed by atoms with Gasteiger partial charge in [0, 0.05) is 10.0 Å². The third kappa shape index (κ3) is 4.35. The highest BCUT2D eigenvalue weighted by atomic mass is 79.9. The van der Waals surface area contributed by atoms with Gasteiger partial charge in [-0.05, 0) is 18.2 Å². The van der Waals surface area contributed by atoms with Crippen molar-refractivity contribution in [2.45, 2.75) is 6.54 Å². The molecule has 0 amide bonds. The van der Waals surface area contributed by atoms with Gasteiger partial charge in [0.05, 0.1) is 13.2 Å². The van der Waals surface area contributed by atoms with E-state index in [1.165, 1.54) is 0 Å². The fraction of sp³-hybridized carbons (Fsp3) is 0.333. The van der Waals surface area contributed by atoms with Crippen LogP contribution in [0.5, 0.6) is 5.75 Å². The number of aliphatic hydroxyl groups is 1. The highest BCUT2D eigenvalue weighted by Crippen LogP contribution is 2.22. The van der Waals surface area contributed by atoms with Crippen molar-refractivity contribution < 1.29 is 15.2 Å². The Morgan fingerprint density at radius 1 is 1.50 bits per heavy atom. The highest BCUT2D eigenvalue weighted by molar-refractivity contribution is 9.10. The second kappa shape index (κ2) is 7.44. The molecule has 0 radical (unpaired) electrons. The van der Waals surface area contributed by atoms with Gasteiger partial charge in [-0.3, -0.25) is 0 Å². The molecule has 0 spiro atoms. The summed E-state index contributed by atoms with van der Waals surface area (Å²) in [6.45, 7) is 5.82. The first kappa shape index (κ1) is 13.2. The van der Waals surface area contributed by atoms with Crippen LogP contribution in [-0.2, 0) is 6.54 Å². The number of benzene rings is 1. The average Bonchev–Trinajstić information content (AvgIpc) is 2.28. The zero-order chi connectivity index (χ0) is 11.8. The minimum Gasteiger partial charge on any atom is -0.489 e. The molecule has 0 heterocycles. The third-order valence-corrected chi connectivity index (χ3v) is 2.57. The Morgan fingerprint density at radius 3 is 3.00 bits per heavy atom. The van der Waals surface area contributed by atoms with E-state index in [1.807, 2.05) is 23.5 Å². The Labute approximate surface area is 104 Å². The van der Waals surface area contributed by atoms with E-state index in [-0.39, 0.29) is 6.61 Å². The lowest BCUT2D eigenvalue weighted by Crippen LogP contribution is -2.83. The van der Waals surface area contributed by atoms with Crippen LogP contribution >= 0.6 is 15.9 Å². The number of halogens is 1. The van der Waals surface area contributed by atoms with Gasteiger partial charge in [0.25, 0.3) is 0 Å². The molecule has 1 rings (SSSR count). The molecule has 3 N–H and O–H groups in total. The topological polar surface area (TPSA) is 46.1 Å². The van der Waals surface area contributed by atoms with E-state index in [0.29, 0.717) is 13.2 Å². The van der Waals surface area contributed by atoms with Gasteiger partial charge >= 0.3 is 0 Å². The zero-order valence-corrected chi connectivity index (χ0v) is 10.7. The minimum atomic E-state index is 0.191. The molecule has 0 aliphatic rings. The summed E-state index contributed by atoms with van der Waals surface area (Å²) < 4.78 is 6.58. The number of quaternary nitrogens is 1. The molecule has 0 aliphatic carbocycles. The van der Waals surface area contributed by atoms with Gasteiger partial charge in [0.2, 0.25) is 0 Å². The van der Waals surface area contributed by atoms with Gasteiger partial charge in [0.15, 0.2) is 0 Å². The van der Waals surface area contributed by atoms with Crippen LogP contribution < -0.4 is 10.1 Å². The summed E-state index contributed by atoms with van der Waals surface area (Å²) >= 11 is 3.43. The number of ether oxygens (including phenoxy) is 1. The second-order valence-electron chi connectivity index (χ2n) is 3.36. The van der Waals surface area contributed by atoms with Crippen LogP contribution in [0.25, 0.3) is 0 Å². The lowest BCUT2D eigenvalue weighted by Gasteiger charge is -2.09. The van der Waals surface area contributed by atoms with Crippen molar-refractivity contribution in [3.05, 3.63) is 40.9 Å². The van der Waals surface area contributed by atoms with Crippen molar-refractivity contribution in [3.63, 3.8) is 0 Å². The summed E-state index contributed by atoms with van der Waals surface area (Å²) in [4.78, 5) is 0. The van der Waals surface area contributed by atoms with Crippen molar-refractivity contribution >= 4 is 15.9 Å². The first-order chi connectivity index (χ1) is 7.77. The standard InChI is InChI=1S/C12H16BrNO2/c1-2-7-16-12-4-3-11(13)8-10(12)9-14-5-6-15/h2-4,8,14-15H,1,5-7,9H2/p+1. The van der Waals surface area contributed by atoms with Crippen LogP contribution in [0.15, 0.2) is 35.3 Å². The van der Waals surface area contributed by atoms with E-state index in [1.54, 1.807) is 6.08 Å². The molecule has 0 bridgehead atoms. The normalized spacial score (nSPS) is 10.1. The molecule has 0 saturated heterocycles. The Hall–Kier alpha value is -0.840. The smallest absolute Gasteiger partial charge is 0.128 e. The predicted octanol–water partition coefficient (Wildman–Crippen LogP) is 1.07. The molecule has 0 fully saturated rings. The number of hydrogen-bond donors (Lipinski definition) is 2. The van der Waals surface area contributed by atoms with E-state index in [2.05, 4.69) is 22.5 Å². The molecule has 4 heteroatoms. The summed E-state index contributed by atoms with van der Waals surface area (Å²) in [5.41, 5.74) is 1.12.